The summed E-state index contributed by atoms with van der Waals surface area (Å²) in [5, 5.41) is 13.6. The third-order valence-corrected chi connectivity index (χ3v) is 6.11. The van der Waals surface area contributed by atoms with Crippen molar-refractivity contribution in [2.24, 2.45) is 0 Å². The maximum absolute atomic E-state index is 13.3. The van der Waals surface area contributed by atoms with Crippen LogP contribution in [0.1, 0.15) is 17.8 Å². The van der Waals surface area contributed by atoms with Gasteiger partial charge in [-0.2, -0.15) is 4.98 Å². The highest BCUT2D eigenvalue weighted by Crippen LogP contribution is 2.38. The number of thiophene rings is 1. The number of aromatic nitrogens is 4. The van der Waals surface area contributed by atoms with E-state index >= 15 is 0 Å². The zero-order chi connectivity index (χ0) is 21.4. The van der Waals surface area contributed by atoms with Crippen LogP contribution in [0, 0.1) is 0 Å². The van der Waals surface area contributed by atoms with E-state index in [1.54, 1.807) is 52.7 Å². The number of rotatable bonds is 4. The van der Waals surface area contributed by atoms with E-state index in [0.29, 0.717) is 28.1 Å². The summed E-state index contributed by atoms with van der Waals surface area (Å²) in [6.45, 7) is 1.87. The van der Waals surface area contributed by atoms with Crippen molar-refractivity contribution in [3.05, 3.63) is 87.5 Å². The van der Waals surface area contributed by atoms with Crippen LogP contribution in [0.25, 0.3) is 11.4 Å². The molecule has 0 saturated heterocycles. The average Bonchev–Trinajstić information content (AvgIpc) is 3.44. The first-order valence-electron chi connectivity index (χ1n) is 9.55. The fourth-order valence-corrected chi connectivity index (χ4v) is 4.46. The molecule has 0 aliphatic carbocycles. The molecule has 4 heterocycles. The van der Waals surface area contributed by atoms with Gasteiger partial charge < -0.3 is 10.6 Å². The van der Waals surface area contributed by atoms with Gasteiger partial charge in [-0.25, -0.2) is 4.68 Å². The SMILES string of the molecule is CC1=C(C(=O)Nc2cccnc2)C(c2cccs2)n2nc(-c3ccc(Cl)cc3)nc2N1. The van der Waals surface area contributed by atoms with E-state index in [0.717, 1.165) is 16.1 Å². The van der Waals surface area contributed by atoms with Gasteiger partial charge in [-0.1, -0.05) is 17.7 Å². The first-order valence-corrected chi connectivity index (χ1v) is 10.8. The summed E-state index contributed by atoms with van der Waals surface area (Å²) in [5.41, 5.74) is 2.77. The molecule has 1 aliphatic rings. The van der Waals surface area contributed by atoms with Gasteiger partial charge in [0.05, 0.1) is 17.5 Å². The minimum atomic E-state index is -0.401. The molecule has 5 rings (SSSR count). The molecule has 2 N–H and O–H groups in total. The fraction of sp³-hybridized carbons (Fsp3) is 0.0909. The lowest BCUT2D eigenvalue weighted by Crippen LogP contribution is -2.31. The minimum Gasteiger partial charge on any atom is -0.328 e. The predicted molar refractivity (Wildman–Crippen MR) is 122 cm³/mol. The number of nitrogens with one attached hydrogen (secondary N) is 2. The van der Waals surface area contributed by atoms with Crippen LogP contribution in [0.2, 0.25) is 5.02 Å². The highest BCUT2D eigenvalue weighted by molar-refractivity contribution is 7.10. The Hall–Kier alpha value is -3.49. The second-order valence-corrected chi connectivity index (χ2v) is 8.40. The Morgan fingerprint density at radius 1 is 1.19 bits per heavy atom. The van der Waals surface area contributed by atoms with Gasteiger partial charge in [0.1, 0.15) is 6.04 Å². The summed E-state index contributed by atoms with van der Waals surface area (Å²) in [4.78, 5) is 23.0. The van der Waals surface area contributed by atoms with Crippen molar-refractivity contribution in [1.82, 2.24) is 19.7 Å². The Balaban J connectivity index is 1.57. The lowest BCUT2D eigenvalue weighted by Gasteiger charge is -2.27. The van der Waals surface area contributed by atoms with E-state index in [1.807, 2.05) is 36.6 Å². The molecule has 1 aliphatic heterocycles. The number of pyridine rings is 1. The van der Waals surface area contributed by atoms with Gasteiger partial charge >= 0.3 is 0 Å². The summed E-state index contributed by atoms with van der Waals surface area (Å²) in [6, 6.07) is 14.5. The van der Waals surface area contributed by atoms with Crippen LogP contribution in [0.5, 0.6) is 0 Å². The van der Waals surface area contributed by atoms with Crippen molar-refractivity contribution in [3.63, 3.8) is 0 Å². The van der Waals surface area contributed by atoms with Gasteiger partial charge in [-0.15, -0.1) is 16.4 Å². The molecule has 0 spiro atoms. The number of carbonyl (C=O) groups excluding carboxylic acids is 1. The largest absolute Gasteiger partial charge is 0.328 e. The molecule has 0 radical (unpaired) electrons. The Bertz CT molecular complexity index is 1270. The number of halogens is 1. The first-order chi connectivity index (χ1) is 15.1. The van der Waals surface area contributed by atoms with Crippen LogP contribution in [0.15, 0.2) is 77.6 Å². The molecular formula is C22H17ClN6OS. The zero-order valence-electron chi connectivity index (χ0n) is 16.4. The van der Waals surface area contributed by atoms with Crippen LogP contribution in [-0.2, 0) is 4.79 Å². The van der Waals surface area contributed by atoms with Crippen LogP contribution >= 0.6 is 22.9 Å². The number of allylic oxidation sites excluding steroid dienone is 1. The van der Waals surface area contributed by atoms with Crippen LogP contribution in [0.3, 0.4) is 0 Å². The van der Waals surface area contributed by atoms with Crippen molar-refractivity contribution >= 4 is 40.5 Å². The van der Waals surface area contributed by atoms with E-state index in [9.17, 15) is 4.79 Å². The van der Waals surface area contributed by atoms with Gasteiger partial charge in [0.2, 0.25) is 5.95 Å². The van der Waals surface area contributed by atoms with Gasteiger partial charge in [0.15, 0.2) is 5.82 Å². The highest BCUT2D eigenvalue weighted by Gasteiger charge is 2.35. The number of anilines is 2. The summed E-state index contributed by atoms with van der Waals surface area (Å²) < 4.78 is 1.76. The number of hydrogen-bond donors (Lipinski definition) is 2. The molecule has 1 amide bonds. The Morgan fingerprint density at radius 3 is 2.74 bits per heavy atom. The number of carbonyl (C=O) groups is 1. The van der Waals surface area contributed by atoms with Crippen LogP contribution in [-0.4, -0.2) is 25.7 Å². The molecular weight excluding hydrogens is 432 g/mol. The maximum Gasteiger partial charge on any atom is 0.255 e. The number of benzene rings is 1. The molecule has 7 nitrogen and oxygen atoms in total. The smallest absolute Gasteiger partial charge is 0.255 e. The quantitative estimate of drug-likeness (QED) is 0.459. The molecule has 0 fully saturated rings. The number of nitrogens with zero attached hydrogens (tertiary/aromatic N) is 4. The lowest BCUT2D eigenvalue weighted by molar-refractivity contribution is -0.113. The monoisotopic (exact) mass is 448 g/mol. The second-order valence-electron chi connectivity index (χ2n) is 6.99. The number of hydrogen-bond acceptors (Lipinski definition) is 6. The van der Waals surface area contributed by atoms with Crippen molar-refractivity contribution in [1.29, 1.82) is 0 Å². The Labute approximate surface area is 187 Å². The van der Waals surface area contributed by atoms with Gasteiger partial charge in [-0.05, 0) is 54.8 Å². The molecule has 31 heavy (non-hydrogen) atoms. The van der Waals surface area contributed by atoms with E-state index < -0.39 is 6.04 Å². The molecule has 4 aromatic rings. The zero-order valence-corrected chi connectivity index (χ0v) is 18.0. The molecule has 154 valence electrons. The van der Waals surface area contributed by atoms with Crippen molar-refractivity contribution < 1.29 is 4.79 Å². The molecule has 1 unspecified atom stereocenters. The highest BCUT2D eigenvalue weighted by atomic mass is 35.5. The van der Waals surface area contributed by atoms with Crippen LogP contribution < -0.4 is 10.6 Å². The third kappa shape index (κ3) is 3.71. The number of amides is 1. The van der Waals surface area contributed by atoms with Crippen molar-refractivity contribution in [2.45, 2.75) is 13.0 Å². The van der Waals surface area contributed by atoms with Crippen LogP contribution in [0.4, 0.5) is 11.6 Å². The van der Waals surface area contributed by atoms with Gasteiger partial charge in [0.25, 0.3) is 5.91 Å². The minimum absolute atomic E-state index is 0.217. The topological polar surface area (TPSA) is 84.7 Å². The third-order valence-electron chi connectivity index (χ3n) is 4.93. The Kier molecular flexibility index (Phi) is 5.01. The molecule has 1 atom stereocenters. The number of fused-ring (bicyclic) bond motifs is 1. The van der Waals surface area contributed by atoms with E-state index in [1.165, 1.54) is 0 Å². The predicted octanol–water partition coefficient (Wildman–Crippen LogP) is 4.98. The molecule has 0 saturated carbocycles. The second kappa shape index (κ2) is 7.98. The average molecular weight is 449 g/mol. The summed E-state index contributed by atoms with van der Waals surface area (Å²) >= 11 is 7.59. The summed E-state index contributed by atoms with van der Waals surface area (Å²) in [5.74, 6) is 0.923. The lowest BCUT2D eigenvalue weighted by atomic mass is 10.0. The maximum atomic E-state index is 13.3. The van der Waals surface area contributed by atoms with Crippen molar-refractivity contribution in [2.75, 3.05) is 10.6 Å². The van der Waals surface area contributed by atoms with Gasteiger partial charge in [-0.3, -0.25) is 9.78 Å². The van der Waals surface area contributed by atoms with E-state index in [-0.39, 0.29) is 5.91 Å². The fourth-order valence-electron chi connectivity index (χ4n) is 3.51. The standard InChI is InChI=1S/C22H17ClN6OS/c1-13-18(21(30)26-16-4-2-10-24-12-16)19(17-5-3-11-31-17)29-22(25-13)27-20(28-29)14-6-8-15(23)9-7-14/h2-12,19H,1H3,(H,26,30)(H,25,27,28). The first kappa shape index (κ1) is 19.5. The van der Waals surface area contributed by atoms with E-state index in [4.69, 9.17) is 16.7 Å². The summed E-state index contributed by atoms with van der Waals surface area (Å²) in [6.07, 6.45) is 3.28. The molecule has 1 aromatic carbocycles. The summed E-state index contributed by atoms with van der Waals surface area (Å²) in [7, 11) is 0. The molecule has 0 bridgehead atoms. The van der Waals surface area contributed by atoms with Gasteiger partial charge in [0, 0.05) is 27.4 Å². The van der Waals surface area contributed by atoms with Crippen molar-refractivity contribution in [3.8, 4) is 11.4 Å². The normalized spacial score (nSPS) is 15.4. The molecule has 3 aromatic heterocycles. The molecule has 9 heteroatoms. The van der Waals surface area contributed by atoms with E-state index in [2.05, 4.69) is 20.6 Å². The Morgan fingerprint density at radius 2 is 2.03 bits per heavy atom.